The van der Waals surface area contributed by atoms with Crippen LogP contribution in [0.3, 0.4) is 0 Å². The number of ether oxygens (including phenoxy) is 1. The molecule has 0 aliphatic carbocycles. The minimum absolute atomic E-state index is 0.281. The van der Waals surface area contributed by atoms with Gasteiger partial charge in [-0.25, -0.2) is 0 Å². The molecule has 0 atom stereocenters. The van der Waals surface area contributed by atoms with Crippen LogP contribution in [0.15, 0.2) is 0 Å². The third-order valence-corrected chi connectivity index (χ3v) is 5.29. The van der Waals surface area contributed by atoms with Crippen molar-refractivity contribution in [3.63, 3.8) is 0 Å². The molecule has 0 aromatic rings. The van der Waals surface area contributed by atoms with Crippen LogP contribution in [0.5, 0.6) is 0 Å². The van der Waals surface area contributed by atoms with Crippen LogP contribution in [0.2, 0.25) is 5.23 Å². The Balaban J connectivity index is 3.98. The Morgan fingerprint density at radius 2 is 1.69 bits per heavy atom. The van der Waals surface area contributed by atoms with Crippen LogP contribution in [-0.2, 0) is 33.5 Å². The summed E-state index contributed by atoms with van der Waals surface area (Å²) in [6.07, 6.45) is 0. The predicted molar refractivity (Wildman–Crippen MR) is 45.7 cm³/mol. The van der Waals surface area contributed by atoms with Crippen LogP contribution in [0.25, 0.3) is 0 Å². The van der Waals surface area contributed by atoms with E-state index in [0.717, 1.165) is 0 Å². The molecule has 0 aromatic carbocycles. The van der Waals surface area contributed by atoms with Gasteiger partial charge in [-0.3, -0.25) is 0 Å². The Hall–Kier alpha value is 0.104. The van der Waals surface area contributed by atoms with Crippen molar-refractivity contribution < 1.29 is 33.5 Å². The first-order chi connectivity index (χ1) is 6.04. The summed E-state index contributed by atoms with van der Waals surface area (Å²) >= 11 is -2.76. The summed E-state index contributed by atoms with van der Waals surface area (Å²) in [6, 6.07) is 0. The maximum absolute atomic E-state index is 10.6. The molecule has 0 N–H and O–H groups in total. The van der Waals surface area contributed by atoms with Crippen molar-refractivity contribution in [1.82, 2.24) is 0 Å². The molecule has 0 unspecified atom stereocenters. The molecule has 0 aromatic heterocycles. The van der Waals surface area contributed by atoms with E-state index in [4.69, 9.17) is 11.4 Å². The van der Waals surface area contributed by atoms with Gasteiger partial charge in [0.15, 0.2) is 0 Å². The Morgan fingerprint density at radius 1 is 1.23 bits per heavy atom. The van der Waals surface area contributed by atoms with Gasteiger partial charge in [0.25, 0.3) is 0 Å². The molecule has 0 amide bonds. The van der Waals surface area contributed by atoms with Crippen molar-refractivity contribution in [2.24, 2.45) is 0 Å². The fourth-order valence-electron chi connectivity index (χ4n) is 0.968. The van der Waals surface area contributed by atoms with Gasteiger partial charge in [0.1, 0.15) is 0 Å². The zero-order chi connectivity index (χ0) is 10.3. The SMILES string of the molecule is CC[O][Ti]([CH3])([CH2]OC(C)=O)[O]CC. The molecule has 13 heavy (non-hydrogen) atoms. The number of carbonyl (C=O) groups excluding carboxylic acids is 1. The van der Waals surface area contributed by atoms with Crippen LogP contribution in [-0.4, -0.2) is 24.1 Å². The molecule has 0 saturated carbocycles. The number of rotatable bonds is 6. The van der Waals surface area contributed by atoms with Crippen molar-refractivity contribution in [2.45, 2.75) is 26.0 Å². The van der Waals surface area contributed by atoms with Gasteiger partial charge in [-0.2, -0.15) is 0 Å². The second kappa shape index (κ2) is 6.54. The van der Waals surface area contributed by atoms with E-state index in [-0.39, 0.29) is 5.97 Å². The van der Waals surface area contributed by atoms with Crippen molar-refractivity contribution in [3.8, 4) is 0 Å². The van der Waals surface area contributed by atoms with Crippen LogP contribution < -0.4 is 0 Å². The average molecular weight is 226 g/mol. The monoisotopic (exact) mass is 226 g/mol. The number of esters is 1. The molecule has 0 rings (SSSR count). The molecule has 0 heterocycles. The Morgan fingerprint density at radius 3 is 2.00 bits per heavy atom. The second-order valence-corrected chi connectivity index (χ2v) is 7.67. The Labute approximate surface area is 83.9 Å². The molecule has 0 aliphatic rings. The van der Waals surface area contributed by atoms with E-state index in [9.17, 15) is 4.79 Å². The van der Waals surface area contributed by atoms with Gasteiger partial charge in [-0.1, -0.05) is 0 Å². The summed E-state index contributed by atoms with van der Waals surface area (Å²) in [5.41, 5.74) is 0. The molecule has 0 saturated heterocycles. The molecule has 0 fully saturated rings. The molecule has 4 nitrogen and oxygen atoms in total. The molecule has 0 bridgehead atoms. The van der Waals surface area contributed by atoms with E-state index in [2.05, 4.69) is 0 Å². The van der Waals surface area contributed by atoms with Crippen LogP contribution >= 0.6 is 0 Å². The van der Waals surface area contributed by atoms with Crippen molar-refractivity contribution in [2.75, 3.05) is 18.1 Å². The summed E-state index contributed by atoms with van der Waals surface area (Å²) in [6.45, 7) is 6.43. The average Bonchev–Trinajstić information content (AvgIpc) is 2.02. The zero-order valence-electron chi connectivity index (χ0n) is 8.75. The summed E-state index contributed by atoms with van der Waals surface area (Å²) in [7, 11) is 0. The van der Waals surface area contributed by atoms with Crippen molar-refractivity contribution >= 4 is 5.97 Å². The molecule has 5 heteroatoms. The molecule has 0 radical (unpaired) electrons. The van der Waals surface area contributed by atoms with Gasteiger partial charge in [-0.15, -0.1) is 0 Å². The fourth-order valence-corrected chi connectivity index (χ4v) is 3.99. The molecule has 78 valence electrons. The Bertz CT molecular complexity index is 154. The molecule has 0 spiro atoms. The minimum atomic E-state index is -2.76. The summed E-state index contributed by atoms with van der Waals surface area (Å²) < 4.78 is 15.9. The number of hydrogen-bond acceptors (Lipinski definition) is 4. The first-order valence-corrected chi connectivity index (χ1v) is 8.39. The molecule has 0 aliphatic heterocycles. The summed E-state index contributed by atoms with van der Waals surface area (Å²) in [5.74, 6) is -0.281. The van der Waals surface area contributed by atoms with E-state index in [1.165, 1.54) is 6.92 Å². The van der Waals surface area contributed by atoms with Gasteiger partial charge in [0, 0.05) is 0 Å². The van der Waals surface area contributed by atoms with Crippen LogP contribution in [0.4, 0.5) is 0 Å². The van der Waals surface area contributed by atoms with Gasteiger partial charge in [-0.05, 0) is 0 Å². The van der Waals surface area contributed by atoms with E-state index in [0.29, 0.717) is 18.1 Å². The Kier molecular flexibility index (Phi) is 6.59. The van der Waals surface area contributed by atoms with Crippen molar-refractivity contribution in [3.05, 3.63) is 0 Å². The first-order valence-electron chi connectivity index (χ1n) is 4.45. The van der Waals surface area contributed by atoms with Crippen LogP contribution in [0.1, 0.15) is 20.8 Å². The van der Waals surface area contributed by atoms with E-state index >= 15 is 0 Å². The van der Waals surface area contributed by atoms with Gasteiger partial charge in [0.05, 0.1) is 0 Å². The van der Waals surface area contributed by atoms with Gasteiger partial charge >= 0.3 is 83.6 Å². The maximum atomic E-state index is 10.6. The normalized spacial score (nSPS) is 11.4. The zero-order valence-corrected chi connectivity index (χ0v) is 10.3. The van der Waals surface area contributed by atoms with Gasteiger partial charge < -0.3 is 0 Å². The van der Waals surface area contributed by atoms with E-state index in [1.807, 2.05) is 19.1 Å². The third-order valence-electron chi connectivity index (χ3n) is 1.44. The number of carbonyl (C=O) groups is 1. The molecular formula is C8H18O4Ti. The molecular weight excluding hydrogens is 208 g/mol. The topological polar surface area (TPSA) is 44.8 Å². The van der Waals surface area contributed by atoms with Gasteiger partial charge in [0.2, 0.25) is 0 Å². The van der Waals surface area contributed by atoms with Crippen molar-refractivity contribution in [1.29, 1.82) is 0 Å². The second-order valence-electron chi connectivity index (χ2n) is 2.78. The van der Waals surface area contributed by atoms with Crippen LogP contribution in [0, 0.1) is 0 Å². The number of hydrogen-bond donors (Lipinski definition) is 0. The first kappa shape index (κ1) is 13.1. The predicted octanol–water partition coefficient (Wildman–Crippen LogP) is 1.61. The quantitative estimate of drug-likeness (QED) is 0.509. The summed E-state index contributed by atoms with van der Waals surface area (Å²) in [5, 5.41) is 1.94. The van der Waals surface area contributed by atoms with E-state index in [1.54, 1.807) is 0 Å². The third kappa shape index (κ3) is 6.21. The standard InChI is InChI=1S/C3H5O2.2C2H5O.CH3.Ti/c1-3(4)5-2;2*1-2-3;;/h2H2,1H3;2*2H2,1H3;1H3;/q;2*-1;;+2. The van der Waals surface area contributed by atoms with E-state index < -0.39 is 17.4 Å². The summed E-state index contributed by atoms with van der Waals surface area (Å²) in [4.78, 5) is 10.9. The fraction of sp³-hybridized carbons (Fsp3) is 0.875.